The van der Waals surface area contributed by atoms with Crippen molar-refractivity contribution in [2.45, 2.75) is 38.5 Å². The van der Waals surface area contributed by atoms with Gasteiger partial charge in [0.15, 0.2) is 0 Å². The number of ether oxygens (including phenoxy) is 1. The lowest BCUT2D eigenvalue weighted by Crippen LogP contribution is -2.40. The van der Waals surface area contributed by atoms with Crippen LogP contribution >= 0.6 is 0 Å². The number of aromatic carboxylic acids is 1. The highest BCUT2D eigenvalue weighted by atomic mass is 16.5. The Bertz CT molecular complexity index is 1440. The number of fused-ring (bicyclic) bond motifs is 2. The van der Waals surface area contributed by atoms with Crippen molar-refractivity contribution in [1.82, 2.24) is 14.8 Å². The third-order valence-electron chi connectivity index (χ3n) is 6.34. The summed E-state index contributed by atoms with van der Waals surface area (Å²) in [6.45, 7) is 3.57. The van der Waals surface area contributed by atoms with Gasteiger partial charge in [-0.1, -0.05) is 6.42 Å². The van der Waals surface area contributed by atoms with Crippen molar-refractivity contribution in [3.8, 4) is 17.2 Å². The lowest BCUT2D eigenvalue weighted by atomic mass is 9.65. The summed E-state index contributed by atoms with van der Waals surface area (Å²) in [7, 11) is 0. The van der Waals surface area contributed by atoms with Gasteiger partial charge in [0.2, 0.25) is 11.6 Å². The molecule has 1 saturated carbocycles. The standard InChI is InChI=1S/C23H20N4O6/c1-11-8-13(27-22(32)25-19(28)17(26-27)20(29)30)9-12(2)18(11)33-14-4-5-16-15(10-14)23(6-3-7-23)21(31)24-16/h4-5,8-10H,3,6-7H2,1-2H3,(H,24,31)(H,29,30)(H,25,28,32). The average molecular weight is 448 g/mol. The minimum absolute atomic E-state index is 0.0391. The van der Waals surface area contributed by atoms with Gasteiger partial charge < -0.3 is 15.2 Å². The lowest BCUT2D eigenvalue weighted by molar-refractivity contribution is -0.123. The number of carboxylic acid groups (broad SMARTS) is 1. The van der Waals surface area contributed by atoms with E-state index in [0.29, 0.717) is 28.3 Å². The molecule has 168 valence electrons. The summed E-state index contributed by atoms with van der Waals surface area (Å²) in [6, 6.07) is 8.76. The number of aromatic amines is 1. The molecule has 0 saturated heterocycles. The van der Waals surface area contributed by atoms with Gasteiger partial charge in [0.1, 0.15) is 11.5 Å². The first kappa shape index (κ1) is 20.7. The summed E-state index contributed by atoms with van der Waals surface area (Å²) < 4.78 is 7.00. The van der Waals surface area contributed by atoms with E-state index in [4.69, 9.17) is 9.84 Å². The Hall–Kier alpha value is -4.21. The Morgan fingerprint density at radius 3 is 2.42 bits per heavy atom. The van der Waals surface area contributed by atoms with Gasteiger partial charge >= 0.3 is 11.7 Å². The van der Waals surface area contributed by atoms with Crippen LogP contribution in [-0.2, 0) is 10.2 Å². The Balaban J connectivity index is 1.51. The molecule has 0 bridgehead atoms. The molecule has 2 aliphatic rings. The maximum Gasteiger partial charge on any atom is 0.362 e. The molecule has 10 heteroatoms. The zero-order valence-electron chi connectivity index (χ0n) is 17.9. The second-order valence-electron chi connectivity index (χ2n) is 8.43. The van der Waals surface area contributed by atoms with Crippen LogP contribution in [0.15, 0.2) is 39.9 Å². The molecule has 0 radical (unpaired) electrons. The molecule has 1 aliphatic carbocycles. The highest BCUT2D eigenvalue weighted by molar-refractivity contribution is 6.07. The summed E-state index contributed by atoms with van der Waals surface area (Å²) in [5, 5.41) is 15.8. The summed E-state index contributed by atoms with van der Waals surface area (Å²) in [6.07, 6.45) is 2.65. The predicted molar refractivity (Wildman–Crippen MR) is 118 cm³/mol. The first-order valence-electron chi connectivity index (χ1n) is 10.4. The molecule has 0 atom stereocenters. The average Bonchev–Trinajstić information content (AvgIpc) is 3.01. The molecule has 3 aromatic rings. The van der Waals surface area contributed by atoms with Crippen LogP contribution in [0.25, 0.3) is 5.69 Å². The third-order valence-corrected chi connectivity index (χ3v) is 6.34. The number of anilines is 1. The van der Waals surface area contributed by atoms with Gasteiger partial charge in [0.25, 0.3) is 5.56 Å². The van der Waals surface area contributed by atoms with Crippen LogP contribution in [-0.4, -0.2) is 31.7 Å². The molecule has 33 heavy (non-hydrogen) atoms. The number of nitrogens with zero attached hydrogens (tertiary/aromatic N) is 2. The molecule has 0 unspecified atom stereocenters. The highest BCUT2D eigenvalue weighted by Crippen LogP contribution is 2.52. The van der Waals surface area contributed by atoms with Crippen molar-refractivity contribution in [3.05, 3.63) is 73.6 Å². The topological polar surface area (TPSA) is 143 Å². The molecule has 3 N–H and O–H groups in total. The summed E-state index contributed by atoms with van der Waals surface area (Å²) in [4.78, 5) is 49.6. The number of hydrogen-bond donors (Lipinski definition) is 3. The summed E-state index contributed by atoms with van der Waals surface area (Å²) in [5.41, 5.74) is 0.257. The van der Waals surface area contributed by atoms with Crippen molar-refractivity contribution in [2.24, 2.45) is 0 Å². The monoisotopic (exact) mass is 448 g/mol. The van der Waals surface area contributed by atoms with Crippen molar-refractivity contribution in [1.29, 1.82) is 0 Å². The predicted octanol–water partition coefficient (Wildman–Crippen LogP) is 2.40. The molecule has 5 rings (SSSR count). The molecule has 2 aromatic carbocycles. The zero-order chi connectivity index (χ0) is 23.5. The van der Waals surface area contributed by atoms with E-state index in [1.807, 2.05) is 17.1 Å². The van der Waals surface area contributed by atoms with Gasteiger partial charge in [-0.15, -0.1) is 0 Å². The Labute approximate surface area is 186 Å². The molecule has 10 nitrogen and oxygen atoms in total. The fourth-order valence-corrected chi connectivity index (χ4v) is 4.53. The number of aryl methyl sites for hydroxylation is 2. The van der Waals surface area contributed by atoms with Gasteiger partial charge in [0.05, 0.1) is 11.1 Å². The van der Waals surface area contributed by atoms with Crippen LogP contribution in [0.4, 0.5) is 5.69 Å². The van der Waals surface area contributed by atoms with E-state index >= 15 is 0 Å². The number of carboxylic acids is 1. The van der Waals surface area contributed by atoms with Crippen molar-refractivity contribution < 1.29 is 19.4 Å². The summed E-state index contributed by atoms with van der Waals surface area (Å²) in [5.74, 6) is -0.345. The number of amides is 1. The molecular formula is C23H20N4O6. The van der Waals surface area contributed by atoms with Crippen LogP contribution in [0.3, 0.4) is 0 Å². The molecule has 1 amide bonds. The Morgan fingerprint density at radius 1 is 1.12 bits per heavy atom. The van der Waals surface area contributed by atoms with E-state index in [-0.39, 0.29) is 5.91 Å². The molecule has 1 fully saturated rings. The van der Waals surface area contributed by atoms with Crippen molar-refractivity contribution >= 4 is 17.6 Å². The molecule has 1 spiro atoms. The van der Waals surface area contributed by atoms with Crippen LogP contribution in [0.1, 0.15) is 46.4 Å². The number of benzene rings is 2. The van der Waals surface area contributed by atoms with Gasteiger partial charge in [-0.05, 0) is 73.7 Å². The van der Waals surface area contributed by atoms with Crippen molar-refractivity contribution in [2.75, 3.05) is 5.32 Å². The SMILES string of the molecule is Cc1cc(-n2nc(C(=O)O)c(=O)[nH]c2=O)cc(C)c1Oc1ccc2c(c1)C1(CCC1)C(=O)N2. The van der Waals surface area contributed by atoms with Crippen LogP contribution in [0.5, 0.6) is 11.5 Å². The Morgan fingerprint density at radius 2 is 1.82 bits per heavy atom. The van der Waals surface area contributed by atoms with Crippen LogP contribution in [0.2, 0.25) is 0 Å². The summed E-state index contributed by atoms with van der Waals surface area (Å²) >= 11 is 0. The maximum absolute atomic E-state index is 12.5. The quantitative estimate of drug-likeness (QED) is 0.556. The molecule has 1 aliphatic heterocycles. The maximum atomic E-state index is 12.5. The number of hydrogen-bond acceptors (Lipinski definition) is 6. The van der Waals surface area contributed by atoms with Crippen molar-refractivity contribution in [3.63, 3.8) is 0 Å². The van der Waals surface area contributed by atoms with Crippen LogP contribution < -0.4 is 21.3 Å². The molecule has 2 heterocycles. The molecular weight excluding hydrogens is 428 g/mol. The number of rotatable bonds is 4. The number of carbonyl (C=O) groups excluding carboxylic acids is 1. The van der Waals surface area contributed by atoms with E-state index in [1.54, 1.807) is 32.0 Å². The fourth-order valence-electron chi connectivity index (χ4n) is 4.53. The number of nitrogens with one attached hydrogen (secondary N) is 2. The van der Waals surface area contributed by atoms with E-state index in [9.17, 15) is 19.2 Å². The van der Waals surface area contributed by atoms with E-state index in [0.717, 1.165) is 35.2 Å². The second-order valence-corrected chi connectivity index (χ2v) is 8.43. The minimum Gasteiger partial charge on any atom is -0.476 e. The smallest absolute Gasteiger partial charge is 0.362 e. The van der Waals surface area contributed by atoms with E-state index in [1.165, 1.54) is 0 Å². The number of carbonyl (C=O) groups is 2. The van der Waals surface area contributed by atoms with E-state index in [2.05, 4.69) is 10.4 Å². The van der Waals surface area contributed by atoms with Gasteiger partial charge in [-0.2, -0.15) is 9.78 Å². The second kappa shape index (κ2) is 7.16. The van der Waals surface area contributed by atoms with E-state index < -0.39 is 28.3 Å². The third kappa shape index (κ3) is 3.13. The number of aromatic nitrogens is 3. The molecule has 1 aromatic heterocycles. The first-order valence-corrected chi connectivity index (χ1v) is 10.4. The zero-order valence-corrected chi connectivity index (χ0v) is 17.9. The highest BCUT2D eigenvalue weighted by Gasteiger charge is 2.51. The number of H-pyrrole nitrogens is 1. The lowest BCUT2D eigenvalue weighted by Gasteiger charge is -2.36. The first-order chi connectivity index (χ1) is 15.7. The fraction of sp³-hybridized carbons (Fsp3) is 0.261. The largest absolute Gasteiger partial charge is 0.476 e. The Kier molecular flexibility index (Phi) is 4.48. The van der Waals surface area contributed by atoms with Gasteiger partial charge in [0, 0.05) is 5.69 Å². The van der Waals surface area contributed by atoms with Gasteiger partial charge in [-0.25, -0.2) is 9.59 Å². The van der Waals surface area contributed by atoms with Gasteiger partial charge in [-0.3, -0.25) is 14.6 Å². The normalized spacial score (nSPS) is 15.6. The minimum atomic E-state index is -1.53. The van der Waals surface area contributed by atoms with Crippen LogP contribution in [0, 0.1) is 13.8 Å².